The summed E-state index contributed by atoms with van der Waals surface area (Å²) in [6, 6.07) is 0. The van der Waals surface area contributed by atoms with E-state index >= 15 is 0 Å². The summed E-state index contributed by atoms with van der Waals surface area (Å²) in [4.78, 5) is 11.7. The van der Waals surface area contributed by atoms with E-state index in [1.807, 2.05) is 0 Å². The summed E-state index contributed by atoms with van der Waals surface area (Å²) in [6.45, 7) is 14.5. The number of rotatable bonds is 5. The molecular formula is C30H50O6. The first-order chi connectivity index (χ1) is 16.4. The maximum absolute atomic E-state index is 11.9. The van der Waals surface area contributed by atoms with Crippen LogP contribution < -0.4 is 0 Å². The smallest absolute Gasteiger partial charge is 0.303 e. The van der Waals surface area contributed by atoms with Crippen LogP contribution in [0.3, 0.4) is 0 Å². The van der Waals surface area contributed by atoms with Crippen molar-refractivity contribution in [2.24, 2.45) is 44.8 Å². The maximum atomic E-state index is 11.9. The fraction of sp³-hybridized carbons (Fsp3) is 0.900. The van der Waals surface area contributed by atoms with Crippen LogP contribution in [0.25, 0.3) is 0 Å². The van der Waals surface area contributed by atoms with Crippen LogP contribution in [0.1, 0.15) is 99.8 Å². The van der Waals surface area contributed by atoms with E-state index < -0.39 is 34.6 Å². The largest absolute Gasteiger partial charge is 0.481 e. The molecule has 6 heteroatoms. The highest BCUT2D eigenvalue weighted by Gasteiger charge is 2.70. The monoisotopic (exact) mass is 506 g/mol. The van der Waals surface area contributed by atoms with E-state index in [1.165, 1.54) is 5.57 Å². The maximum Gasteiger partial charge on any atom is 0.303 e. The lowest BCUT2D eigenvalue weighted by atomic mass is 9.34. The van der Waals surface area contributed by atoms with Gasteiger partial charge >= 0.3 is 5.97 Å². The van der Waals surface area contributed by atoms with Crippen LogP contribution in [0, 0.1) is 44.8 Å². The van der Waals surface area contributed by atoms with Crippen LogP contribution in [0.15, 0.2) is 11.6 Å². The molecule has 0 aromatic rings. The zero-order valence-electron chi connectivity index (χ0n) is 23.5. The second-order valence-electron chi connectivity index (χ2n) is 14.9. The van der Waals surface area contributed by atoms with Crippen molar-refractivity contribution in [2.45, 2.75) is 118 Å². The van der Waals surface area contributed by atoms with Crippen LogP contribution >= 0.6 is 0 Å². The molecule has 3 fully saturated rings. The van der Waals surface area contributed by atoms with Gasteiger partial charge in [-0.15, -0.1) is 0 Å². The molecular weight excluding hydrogens is 456 g/mol. The van der Waals surface area contributed by atoms with E-state index in [2.05, 4.69) is 47.6 Å². The average Bonchev–Trinajstić information content (AvgIpc) is 2.75. The Morgan fingerprint density at radius 2 is 1.69 bits per heavy atom. The Bertz CT molecular complexity index is 924. The van der Waals surface area contributed by atoms with Crippen molar-refractivity contribution < 1.29 is 30.3 Å². The number of aliphatic hydroxyl groups is 4. The Kier molecular flexibility index (Phi) is 6.65. The lowest BCUT2D eigenvalue weighted by molar-refractivity contribution is -0.225. The topological polar surface area (TPSA) is 118 Å². The Balaban J connectivity index is 1.85. The van der Waals surface area contributed by atoms with Gasteiger partial charge in [0, 0.05) is 17.3 Å². The Labute approximate surface area is 217 Å². The van der Waals surface area contributed by atoms with Crippen molar-refractivity contribution in [1.29, 1.82) is 0 Å². The number of carbonyl (C=O) groups is 1. The van der Waals surface area contributed by atoms with Crippen LogP contribution in [-0.4, -0.2) is 55.9 Å². The molecule has 0 unspecified atom stereocenters. The molecule has 5 N–H and O–H groups in total. The molecule has 6 nitrogen and oxygen atoms in total. The SMILES string of the molecule is CC1(C)C[C@@H]2C3=CC[C@@H]4[C@@](C)(CCC(=O)O)[C@H]([C@@](C)(O)CO)CC[C@@]4(C)[C@]3(C)[C@@H](O)C[C@@]2(C)[C@@H](O)C1. The summed E-state index contributed by atoms with van der Waals surface area (Å²) in [5, 5.41) is 54.2. The highest BCUT2D eigenvalue weighted by Crippen LogP contribution is 2.74. The summed E-state index contributed by atoms with van der Waals surface area (Å²) >= 11 is 0. The molecule has 36 heavy (non-hydrogen) atoms. The van der Waals surface area contributed by atoms with Gasteiger partial charge < -0.3 is 25.5 Å². The molecule has 0 aromatic carbocycles. The zero-order valence-corrected chi connectivity index (χ0v) is 23.5. The van der Waals surface area contributed by atoms with Crippen molar-refractivity contribution in [3.63, 3.8) is 0 Å². The van der Waals surface area contributed by atoms with Crippen molar-refractivity contribution >= 4 is 5.97 Å². The first-order valence-electron chi connectivity index (χ1n) is 14.0. The molecule has 3 saturated carbocycles. The second-order valence-corrected chi connectivity index (χ2v) is 14.9. The van der Waals surface area contributed by atoms with E-state index in [0.29, 0.717) is 19.3 Å². The van der Waals surface area contributed by atoms with Crippen LogP contribution in [0.4, 0.5) is 0 Å². The third kappa shape index (κ3) is 3.76. The molecule has 0 aliphatic heterocycles. The van der Waals surface area contributed by atoms with Crippen molar-refractivity contribution in [1.82, 2.24) is 0 Å². The lowest BCUT2D eigenvalue weighted by Crippen LogP contribution is -2.68. The van der Waals surface area contributed by atoms with E-state index in [-0.39, 0.29) is 47.0 Å². The highest BCUT2D eigenvalue weighted by atomic mass is 16.4. The van der Waals surface area contributed by atoms with Gasteiger partial charge in [-0.1, -0.05) is 53.2 Å². The Morgan fingerprint density at radius 3 is 2.28 bits per heavy atom. The van der Waals surface area contributed by atoms with Crippen molar-refractivity contribution in [2.75, 3.05) is 6.61 Å². The number of carboxylic acid groups (broad SMARTS) is 1. The normalized spacial score (nSPS) is 49.6. The standard InChI is InChI=1S/C30H50O6/c1-25(2)14-19-18-8-9-20-26(3,12-11-24(34)35)21(29(6,36)17-31)10-13-28(20,5)30(18,7)23(33)16-27(19,4)22(32)15-25/h8,19-23,31-33,36H,9-17H2,1-7H3,(H,34,35)/t19-,20-,21-,22+,23+,26-,27-,28-,29+,30+/m1/s1. The summed E-state index contributed by atoms with van der Waals surface area (Å²) < 4.78 is 0. The Hall–Kier alpha value is -0.950. The average molecular weight is 507 g/mol. The predicted molar refractivity (Wildman–Crippen MR) is 139 cm³/mol. The molecule has 4 rings (SSSR count). The van der Waals surface area contributed by atoms with Gasteiger partial charge in [-0.25, -0.2) is 0 Å². The van der Waals surface area contributed by atoms with Crippen LogP contribution in [-0.2, 0) is 4.79 Å². The molecule has 0 bridgehead atoms. The lowest BCUT2D eigenvalue weighted by Gasteiger charge is -2.71. The van der Waals surface area contributed by atoms with E-state index in [9.17, 15) is 30.3 Å². The molecule has 0 aromatic heterocycles. The molecule has 0 spiro atoms. The molecule has 0 heterocycles. The summed E-state index contributed by atoms with van der Waals surface area (Å²) in [7, 11) is 0. The zero-order chi connectivity index (χ0) is 27.1. The molecule has 0 radical (unpaired) electrons. The van der Waals surface area contributed by atoms with Gasteiger partial charge in [0.05, 0.1) is 24.4 Å². The number of hydrogen-bond donors (Lipinski definition) is 5. The fourth-order valence-electron chi connectivity index (χ4n) is 10.0. The number of hydrogen-bond acceptors (Lipinski definition) is 5. The van der Waals surface area contributed by atoms with Crippen LogP contribution in [0.2, 0.25) is 0 Å². The van der Waals surface area contributed by atoms with E-state index in [0.717, 1.165) is 25.7 Å². The number of fused-ring (bicyclic) bond motifs is 5. The molecule has 0 amide bonds. The second kappa shape index (κ2) is 8.53. The number of aliphatic hydroxyl groups excluding tert-OH is 3. The van der Waals surface area contributed by atoms with Crippen molar-refractivity contribution in [3.8, 4) is 0 Å². The molecule has 4 aliphatic rings. The molecule has 4 aliphatic carbocycles. The van der Waals surface area contributed by atoms with Crippen LogP contribution in [0.5, 0.6) is 0 Å². The quantitative estimate of drug-likeness (QED) is 0.350. The van der Waals surface area contributed by atoms with Gasteiger partial charge in [-0.05, 0) is 85.9 Å². The minimum absolute atomic E-state index is 0.0119. The first kappa shape index (κ1) is 28.1. The van der Waals surface area contributed by atoms with Gasteiger partial charge in [0.25, 0.3) is 0 Å². The predicted octanol–water partition coefficient (Wildman–Crippen LogP) is 4.54. The van der Waals surface area contributed by atoms with E-state index in [4.69, 9.17) is 0 Å². The minimum Gasteiger partial charge on any atom is -0.481 e. The molecule has 0 saturated heterocycles. The highest BCUT2D eigenvalue weighted by molar-refractivity contribution is 5.66. The minimum atomic E-state index is -1.30. The molecule has 10 atom stereocenters. The van der Waals surface area contributed by atoms with Gasteiger partial charge in [0.2, 0.25) is 0 Å². The Morgan fingerprint density at radius 1 is 1.06 bits per heavy atom. The first-order valence-corrected chi connectivity index (χ1v) is 14.0. The van der Waals surface area contributed by atoms with Crippen molar-refractivity contribution in [3.05, 3.63) is 11.6 Å². The molecule has 206 valence electrons. The third-order valence-corrected chi connectivity index (χ3v) is 12.4. The van der Waals surface area contributed by atoms with Gasteiger partial charge in [-0.3, -0.25) is 4.79 Å². The fourth-order valence-corrected chi connectivity index (χ4v) is 10.0. The summed E-state index contributed by atoms with van der Waals surface area (Å²) in [5.74, 6) is -0.857. The number of allylic oxidation sites excluding steroid dienone is 1. The number of carboxylic acids is 1. The summed E-state index contributed by atoms with van der Waals surface area (Å²) in [5.41, 5.74) is -1.71. The number of aliphatic carboxylic acids is 1. The van der Waals surface area contributed by atoms with E-state index in [1.54, 1.807) is 6.92 Å². The van der Waals surface area contributed by atoms with Gasteiger partial charge in [0.1, 0.15) is 0 Å². The third-order valence-electron chi connectivity index (χ3n) is 12.4. The van der Waals surface area contributed by atoms with Gasteiger partial charge in [0.15, 0.2) is 0 Å². The van der Waals surface area contributed by atoms with Gasteiger partial charge in [-0.2, -0.15) is 0 Å². The summed E-state index contributed by atoms with van der Waals surface area (Å²) in [6.07, 6.45) is 6.16.